The van der Waals surface area contributed by atoms with Gasteiger partial charge in [-0.1, -0.05) is 23.7 Å². The van der Waals surface area contributed by atoms with Gasteiger partial charge in [0.1, 0.15) is 5.52 Å². The van der Waals surface area contributed by atoms with Crippen LogP contribution in [0, 0.1) is 6.92 Å². The quantitative estimate of drug-likeness (QED) is 0.422. The number of nitrogens with one attached hydrogen (secondary N) is 2. The summed E-state index contributed by atoms with van der Waals surface area (Å²) < 4.78 is 5.85. The first-order valence-electron chi connectivity index (χ1n) is 8.83. The Bertz CT molecular complexity index is 1220. The van der Waals surface area contributed by atoms with E-state index in [-0.39, 0.29) is 11.0 Å². The third-order valence-corrected chi connectivity index (χ3v) is 4.70. The van der Waals surface area contributed by atoms with Crippen LogP contribution in [-0.4, -0.2) is 16.0 Å². The normalized spacial score (nSPS) is 10.7. The molecule has 0 bridgehead atoms. The monoisotopic (exact) mass is 421 g/mol. The van der Waals surface area contributed by atoms with E-state index in [1.807, 2.05) is 49.4 Å². The molecule has 0 aliphatic rings. The van der Waals surface area contributed by atoms with Gasteiger partial charge >= 0.3 is 0 Å². The van der Waals surface area contributed by atoms with Crippen LogP contribution in [0.5, 0.6) is 0 Å². The smallest absolute Gasteiger partial charge is 0.257 e. The lowest BCUT2D eigenvalue weighted by Crippen LogP contribution is -2.34. The second-order valence-electron chi connectivity index (χ2n) is 6.49. The van der Waals surface area contributed by atoms with Crippen LogP contribution < -0.4 is 10.6 Å². The number of hydrogen-bond donors (Lipinski definition) is 2. The van der Waals surface area contributed by atoms with Crippen molar-refractivity contribution in [3.05, 3.63) is 82.9 Å². The first-order valence-corrected chi connectivity index (χ1v) is 9.62. The molecule has 1 aromatic heterocycles. The summed E-state index contributed by atoms with van der Waals surface area (Å²) >= 11 is 11.1. The minimum Gasteiger partial charge on any atom is -0.436 e. The van der Waals surface area contributed by atoms with Crippen molar-refractivity contribution >= 4 is 51.6 Å². The topological polar surface area (TPSA) is 67.2 Å². The van der Waals surface area contributed by atoms with Gasteiger partial charge in [-0.2, -0.15) is 0 Å². The minimum absolute atomic E-state index is 0.190. The summed E-state index contributed by atoms with van der Waals surface area (Å²) in [6.07, 6.45) is 0. The Hall–Kier alpha value is -3.22. The summed E-state index contributed by atoms with van der Waals surface area (Å²) in [7, 11) is 0. The second kappa shape index (κ2) is 8.03. The van der Waals surface area contributed by atoms with Gasteiger partial charge in [-0.3, -0.25) is 10.1 Å². The fourth-order valence-corrected chi connectivity index (χ4v) is 3.17. The summed E-state index contributed by atoms with van der Waals surface area (Å²) in [4.78, 5) is 16.8. The molecule has 1 amide bonds. The van der Waals surface area contributed by atoms with Crippen molar-refractivity contribution in [2.24, 2.45) is 0 Å². The van der Waals surface area contributed by atoms with Crippen LogP contribution in [0.15, 0.2) is 71.1 Å². The van der Waals surface area contributed by atoms with Gasteiger partial charge in [0.05, 0.1) is 0 Å². The standard InChI is InChI=1S/C22H16ClN3O2S/c1-13-5-10-19-18(11-13)25-21(28-19)15-3-2-4-17(12-15)24-22(29)26-20(27)14-6-8-16(23)9-7-14/h2-12H,1H3,(H2,24,26,27,29). The SMILES string of the molecule is Cc1ccc2oc(-c3cccc(NC(=S)NC(=O)c4ccc(Cl)cc4)c3)nc2c1. The summed E-state index contributed by atoms with van der Waals surface area (Å²) in [5.41, 5.74) is 4.64. The Morgan fingerprint density at radius 2 is 1.86 bits per heavy atom. The molecule has 0 aliphatic carbocycles. The zero-order chi connectivity index (χ0) is 20.4. The molecule has 0 saturated heterocycles. The summed E-state index contributed by atoms with van der Waals surface area (Å²) in [5.74, 6) is 0.204. The number of hydrogen-bond acceptors (Lipinski definition) is 4. The summed E-state index contributed by atoms with van der Waals surface area (Å²) in [6, 6.07) is 19.9. The largest absolute Gasteiger partial charge is 0.436 e. The number of carbonyl (C=O) groups excluding carboxylic acids is 1. The fraction of sp³-hybridized carbons (Fsp3) is 0.0455. The number of fused-ring (bicyclic) bond motifs is 1. The van der Waals surface area contributed by atoms with E-state index in [4.69, 9.17) is 28.2 Å². The Labute approximate surface area is 177 Å². The van der Waals surface area contributed by atoms with Crippen LogP contribution in [0.1, 0.15) is 15.9 Å². The number of halogens is 1. The van der Waals surface area contributed by atoms with Crippen molar-refractivity contribution in [3.8, 4) is 11.5 Å². The van der Waals surface area contributed by atoms with Gasteiger partial charge in [-0.25, -0.2) is 4.98 Å². The zero-order valence-corrected chi connectivity index (χ0v) is 17.0. The average molecular weight is 422 g/mol. The number of oxazole rings is 1. The number of nitrogens with zero attached hydrogens (tertiary/aromatic N) is 1. The van der Waals surface area contributed by atoms with Crippen LogP contribution in [-0.2, 0) is 0 Å². The molecule has 0 atom stereocenters. The fourth-order valence-electron chi connectivity index (χ4n) is 2.83. The van der Waals surface area contributed by atoms with E-state index in [0.717, 1.165) is 22.2 Å². The van der Waals surface area contributed by atoms with Crippen molar-refractivity contribution in [3.63, 3.8) is 0 Å². The van der Waals surface area contributed by atoms with Crippen LogP contribution >= 0.6 is 23.8 Å². The van der Waals surface area contributed by atoms with Gasteiger partial charge in [0, 0.05) is 21.8 Å². The van der Waals surface area contributed by atoms with Gasteiger partial charge in [0.25, 0.3) is 5.91 Å². The molecular formula is C22H16ClN3O2S. The van der Waals surface area contributed by atoms with Gasteiger partial charge in [-0.15, -0.1) is 0 Å². The maximum Gasteiger partial charge on any atom is 0.257 e. The summed E-state index contributed by atoms with van der Waals surface area (Å²) in [6.45, 7) is 2.01. The van der Waals surface area contributed by atoms with Crippen LogP contribution in [0.4, 0.5) is 5.69 Å². The molecule has 5 nitrogen and oxygen atoms in total. The number of aromatic nitrogens is 1. The van der Waals surface area contributed by atoms with E-state index in [1.165, 1.54) is 0 Å². The lowest BCUT2D eigenvalue weighted by atomic mass is 10.2. The number of benzene rings is 3. The van der Waals surface area contributed by atoms with Gasteiger partial charge in [0.2, 0.25) is 5.89 Å². The molecule has 1 heterocycles. The number of thiocarbonyl (C=S) groups is 1. The van der Waals surface area contributed by atoms with Gasteiger partial charge in [0.15, 0.2) is 10.7 Å². The highest BCUT2D eigenvalue weighted by Gasteiger charge is 2.11. The van der Waals surface area contributed by atoms with Gasteiger partial charge in [-0.05, 0) is 79.3 Å². The number of rotatable bonds is 3. The molecule has 2 N–H and O–H groups in total. The average Bonchev–Trinajstić information content (AvgIpc) is 3.12. The van der Waals surface area contributed by atoms with Crippen molar-refractivity contribution in [2.45, 2.75) is 6.92 Å². The number of aryl methyl sites for hydroxylation is 1. The van der Waals surface area contributed by atoms with Gasteiger partial charge < -0.3 is 9.73 Å². The highest BCUT2D eigenvalue weighted by atomic mass is 35.5. The third kappa shape index (κ3) is 4.45. The zero-order valence-electron chi connectivity index (χ0n) is 15.4. The minimum atomic E-state index is -0.315. The van der Waals surface area contributed by atoms with E-state index in [2.05, 4.69) is 15.6 Å². The molecule has 0 aliphatic heterocycles. The van der Waals surface area contributed by atoms with E-state index in [0.29, 0.717) is 22.2 Å². The highest BCUT2D eigenvalue weighted by molar-refractivity contribution is 7.80. The predicted octanol–water partition coefficient (Wildman–Crippen LogP) is 5.58. The van der Waals surface area contributed by atoms with Crippen molar-refractivity contribution in [1.29, 1.82) is 0 Å². The lowest BCUT2D eigenvalue weighted by molar-refractivity contribution is 0.0977. The van der Waals surface area contributed by atoms with Crippen LogP contribution in [0.2, 0.25) is 5.02 Å². The maximum atomic E-state index is 12.3. The van der Waals surface area contributed by atoms with E-state index in [1.54, 1.807) is 24.3 Å². The van der Waals surface area contributed by atoms with Crippen molar-refractivity contribution < 1.29 is 9.21 Å². The Kier molecular flexibility index (Phi) is 5.29. The molecule has 144 valence electrons. The first kappa shape index (κ1) is 19.1. The molecular weight excluding hydrogens is 406 g/mol. The predicted molar refractivity (Wildman–Crippen MR) is 119 cm³/mol. The van der Waals surface area contributed by atoms with Crippen LogP contribution in [0.25, 0.3) is 22.6 Å². The number of anilines is 1. The molecule has 0 radical (unpaired) electrons. The van der Waals surface area contributed by atoms with Crippen molar-refractivity contribution in [1.82, 2.24) is 10.3 Å². The third-order valence-electron chi connectivity index (χ3n) is 4.24. The Morgan fingerprint density at radius 1 is 1.07 bits per heavy atom. The number of amides is 1. The van der Waals surface area contributed by atoms with Crippen molar-refractivity contribution in [2.75, 3.05) is 5.32 Å². The molecule has 0 saturated carbocycles. The molecule has 29 heavy (non-hydrogen) atoms. The molecule has 4 aromatic rings. The molecule has 3 aromatic carbocycles. The van der Waals surface area contributed by atoms with Crippen LogP contribution in [0.3, 0.4) is 0 Å². The van der Waals surface area contributed by atoms with E-state index < -0.39 is 0 Å². The second-order valence-corrected chi connectivity index (χ2v) is 7.33. The lowest BCUT2D eigenvalue weighted by Gasteiger charge is -2.10. The summed E-state index contributed by atoms with van der Waals surface area (Å²) in [5, 5.41) is 6.41. The number of carbonyl (C=O) groups is 1. The van der Waals surface area contributed by atoms with E-state index >= 15 is 0 Å². The van der Waals surface area contributed by atoms with E-state index in [9.17, 15) is 4.79 Å². The molecule has 0 fully saturated rings. The molecule has 0 spiro atoms. The maximum absolute atomic E-state index is 12.3. The highest BCUT2D eigenvalue weighted by Crippen LogP contribution is 2.26. The Morgan fingerprint density at radius 3 is 2.66 bits per heavy atom. The molecule has 0 unspecified atom stereocenters. The Balaban J connectivity index is 1.48. The molecule has 7 heteroatoms. The first-order chi connectivity index (χ1) is 14.0. The molecule has 4 rings (SSSR count).